The van der Waals surface area contributed by atoms with Crippen LogP contribution in [0.3, 0.4) is 0 Å². The molecule has 4 heteroatoms. The molecule has 0 radical (unpaired) electrons. The SMILES string of the molecule is COCCC(C)(C)Cn1c(CCl)nc2c(C)cccc21. The highest BCUT2D eigenvalue weighted by atomic mass is 35.5. The molecule has 0 saturated carbocycles. The van der Waals surface area contributed by atoms with Gasteiger partial charge in [0.1, 0.15) is 5.82 Å². The van der Waals surface area contributed by atoms with Crippen LogP contribution in [0.4, 0.5) is 0 Å². The topological polar surface area (TPSA) is 27.1 Å². The number of ether oxygens (including phenoxy) is 1. The molecule has 0 aliphatic carbocycles. The van der Waals surface area contributed by atoms with Gasteiger partial charge in [-0.05, 0) is 30.4 Å². The first kappa shape index (κ1) is 15.3. The number of imidazole rings is 1. The van der Waals surface area contributed by atoms with E-state index in [1.807, 2.05) is 0 Å². The first-order chi connectivity index (χ1) is 9.48. The second-order valence-corrected chi connectivity index (χ2v) is 6.36. The Kier molecular flexibility index (Phi) is 4.71. The van der Waals surface area contributed by atoms with Gasteiger partial charge < -0.3 is 9.30 Å². The first-order valence-corrected chi connectivity index (χ1v) is 7.51. The van der Waals surface area contributed by atoms with Gasteiger partial charge in [0.05, 0.1) is 16.9 Å². The van der Waals surface area contributed by atoms with E-state index < -0.39 is 0 Å². The highest BCUT2D eigenvalue weighted by Gasteiger charge is 2.22. The summed E-state index contributed by atoms with van der Waals surface area (Å²) >= 11 is 6.08. The smallest absolute Gasteiger partial charge is 0.124 e. The minimum atomic E-state index is 0.147. The number of benzene rings is 1. The van der Waals surface area contributed by atoms with Crippen LogP contribution in [-0.2, 0) is 17.2 Å². The molecule has 2 aromatic rings. The van der Waals surface area contributed by atoms with Crippen molar-refractivity contribution in [3.8, 4) is 0 Å². The number of rotatable bonds is 6. The molecular weight excluding hydrogens is 272 g/mol. The molecule has 0 fully saturated rings. The van der Waals surface area contributed by atoms with E-state index in [1.54, 1.807) is 7.11 Å². The van der Waals surface area contributed by atoms with Crippen LogP contribution >= 0.6 is 11.6 Å². The zero-order chi connectivity index (χ0) is 14.8. The molecule has 110 valence electrons. The summed E-state index contributed by atoms with van der Waals surface area (Å²) in [5, 5.41) is 0. The molecule has 1 aromatic carbocycles. The summed E-state index contributed by atoms with van der Waals surface area (Å²) in [4.78, 5) is 4.69. The second-order valence-electron chi connectivity index (χ2n) is 6.10. The normalized spacial score (nSPS) is 12.2. The third-order valence-corrected chi connectivity index (χ3v) is 3.99. The summed E-state index contributed by atoms with van der Waals surface area (Å²) < 4.78 is 7.46. The predicted molar refractivity (Wildman–Crippen MR) is 84.3 cm³/mol. The highest BCUT2D eigenvalue weighted by molar-refractivity contribution is 6.16. The Morgan fingerprint density at radius 3 is 2.75 bits per heavy atom. The van der Waals surface area contributed by atoms with Crippen LogP contribution in [0.1, 0.15) is 31.7 Å². The Bertz CT molecular complexity index is 589. The average molecular weight is 295 g/mol. The molecule has 0 aliphatic heterocycles. The number of nitrogens with zero attached hydrogens (tertiary/aromatic N) is 2. The van der Waals surface area contributed by atoms with Crippen LogP contribution < -0.4 is 0 Å². The molecule has 0 amide bonds. The lowest BCUT2D eigenvalue weighted by molar-refractivity contribution is 0.143. The van der Waals surface area contributed by atoms with Gasteiger partial charge >= 0.3 is 0 Å². The summed E-state index contributed by atoms with van der Waals surface area (Å²) in [7, 11) is 1.75. The second kappa shape index (κ2) is 6.15. The number of alkyl halides is 1. The first-order valence-electron chi connectivity index (χ1n) is 6.98. The van der Waals surface area contributed by atoms with Crippen LogP contribution in [0, 0.1) is 12.3 Å². The molecule has 0 spiro atoms. The van der Waals surface area contributed by atoms with E-state index in [0.717, 1.165) is 30.9 Å². The third kappa shape index (κ3) is 3.15. The van der Waals surface area contributed by atoms with Crippen LogP contribution in [0.2, 0.25) is 0 Å². The minimum absolute atomic E-state index is 0.147. The summed E-state index contributed by atoms with van der Waals surface area (Å²) in [5.41, 5.74) is 3.58. The molecule has 1 aromatic heterocycles. The van der Waals surface area contributed by atoms with Gasteiger partial charge in [0, 0.05) is 20.3 Å². The van der Waals surface area contributed by atoms with Gasteiger partial charge in [-0.25, -0.2) is 4.98 Å². The fourth-order valence-electron chi connectivity index (χ4n) is 2.50. The quantitative estimate of drug-likeness (QED) is 0.749. The maximum atomic E-state index is 6.08. The number of halogens is 1. The molecule has 0 unspecified atom stereocenters. The maximum absolute atomic E-state index is 6.08. The summed E-state index contributed by atoms with van der Waals surface area (Å²) in [6.07, 6.45) is 1.01. The third-order valence-electron chi connectivity index (χ3n) is 3.75. The van der Waals surface area contributed by atoms with Gasteiger partial charge in [-0.2, -0.15) is 0 Å². The van der Waals surface area contributed by atoms with E-state index in [0.29, 0.717) is 5.88 Å². The van der Waals surface area contributed by atoms with Gasteiger partial charge in [0.2, 0.25) is 0 Å². The van der Waals surface area contributed by atoms with Crippen molar-refractivity contribution in [3.63, 3.8) is 0 Å². The number of methoxy groups -OCH3 is 1. The standard InChI is InChI=1S/C16H23ClN2O/c1-12-6-5-7-13-15(12)18-14(10-17)19(13)11-16(2,3)8-9-20-4/h5-7H,8-11H2,1-4H3. The Labute approximate surface area is 125 Å². The number of fused-ring (bicyclic) bond motifs is 1. The van der Waals surface area contributed by atoms with Crippen molar-refractivity contribution in [1.29, 1.82) is 0 Å². The summed E-state index contributed by atoms with van der Waals surface area (Å²) in [5.74, 6) is 1.38. The van der Waals surface area contributed by atoms with Crippen molar-refractivity contribution < 1.29 is 4.74 Å². The van der Waals surface area contributed by atoms with E-state index in [9.17, 15) is 0 Å². The monoisotopic (exact) mass is 294 g/mol. The van der Waals surface area contributed by atoms with Gasteiger partial charge in [-0.15, -0.1) is 11.6 Å². The molecule has 0 bridgehead atoms. The van der Waals surface area contributed by atoms with Crippen LogP contribution in [-0.4, -0.2) is 23.3 Å². The van der Waals surface area contributed by atoms with Gasteiger partial charge in [-0.3, -0.25) is 0 Å². The Morgan fingerprint density at radius 1 is 1.35 bits per heavy atom. The number of hydrogen-bond donors (Lipinski definition) is 0. The fourth-order valence-corrected chi connectivity index (χ4v) is 2.70. The molecule has 3 nitrogen and oxygen atoms in total. The largest absolute Gasteiger partial charge is 0.385 e. The van der Waals surface area contributed by atoms with E-state index in [1.165, 1.54) is 11.1 Å². The molecule has 0 N–H and O–H groups in total. The Morgan fingerprint density at radius 2 is 2.10 bits per heavy atom. The fraction of sp³-hybridized carbons (Fsp3) is 0.562. The van der Waals surface area contributed by atoms with E-state index in [2.05, 4.69) is 43.5 Å². The predicted octanol–water partition coefficient (Wildman–Crippen LogP) is 4.15. The van der Waals surface area contributed by atoms with Gasteiger partial charge in [-0.1, -0.05) is 26.0 Å². The zero-order valence-corrected chi connectivity index (χ0v) is 13.5. The van der Waals surface area contributed by atoms with Crippen molar-refractivity contribution in [2.24, 2.45) is 5.41 Å². The Balaban J connectivity index is 2.40. The number of aryl methyl sites for hydroxylation is 1. The lowest BCUT2D eigenvalue weighted by atomic mass is 9.89. The van der Waals surface area contributed by atoms with E-state index >= 15 is 0 Å². The van der Waals surface area contributed by atoms with E-state index in [-0.39, 0.29) is 5.41 Å². The minimum Gasteiger partial charge on any atom is -0.385 e. The molecule has 0 aliphatic rings. The van der Waals surface area contributed by atoms with Gasteiger partial charge in [0.25, 0.3) is 0 Å². The van der Waals surface area contributed by atoms with E-state index in [4.69, 9.17) is 21.3 Å². The van der Waals surface area contributed by atoms with Crippen LogP contribution in [0.5, 0.6) is 0 Å². The van der Waals surface area contributed by atoms with Crippen molar-refractivity contribution in [1.82, 2.24) is 9.55 Å². The molecule has 20 heavy (non-hydrogen) atoms. The van der Waals surface area contributed by atoms with Crippen molar-refractivity contribution in [2.45, 2.75) is 39.6 Å². The highest BCUT2D eigenvalue weighted by Crippen LogP contribution is 2.28. The lowest BCUT2D eigenvalue weighted by Gasteiger charge is -2.26. The van der Waals surface area contributed by atoms with Gasteiger partial charge in [0.15, 0.2) is 0 Å². The number of hydrogen-bond acceptors (Lipinski definition) is 2. The molecule has 2 rings (SSSR count). The molecule has 1 heterocycles. The van der Waals surface area contributed by atoms with Crippen molar-refractivity contribution in [2.75, 3.05) is 13.7 Å². The van der Waals surface area contributed by atoms with Crippen molar-refractivity contribution in [3.05, 3.63) is 29.6 Å². The Hall–Kier alpha value is -1.06. The lowest BCUT2D eigenvalue weighted by Crippen LogP contribution is -2.22. The maximum Gasteiger partial charge on any atom is 0.124 e. The molecular formula is C16H23ClN2O. The molecule has 0 saturated heterocycles. The zero-order valence-electron chi connectivity index (χ0n) is 12.7. The number of aromatic nitrogens is 2. The summed E-state index contributed by atoms with van der Waals surface area (Å²) in [6.45, 7) is 8.28. The van der Waals surface area contributed by atoms with Crippen LogP contribution in [0.25, 0.3) is 11.0 Å². The summed E-state index contributed by atoms with van der Waals surface area (Å²) in [6, 6.07) is 6.29. The van der Waals surface area contributed by atoms with Crippen LogP contribution in [0.15, 0.2) is 18.2 Å². The van der Waals surface area contributed by atoms with Crippen molar-refractivity contribution >= 4 is 22.6 Å². The molecule has 0 atom stereocenters. The number of para-hydroxylation sites is 1. The average Bonchev–Trinajstić information content (AvgIpc) is 2.76.